The molecule has 10 rings (SSSR count). The molecule has 0 aliphatic heterocycles. The van der Waals surface area contributed by atoms with Crippen molar-refractivity contribution in [3.05, 3.63) is 205 Å². The van der Waals surface area contributed by atoms with Gasteiger partial charge in [0.25, 0.3) is 0 Å². The lowest BCUT2D eigenvalue weighted by Gasteiger charge is -2.14. The van der Waals surface area contributed by atoms with Gasteiger partial charge in [-0.25, -0.2) is 0 Å². The number of para-hydroxylation sites is 1. The minimum atomic E-state index is 0.973. The van der Waals surface area contributed by atoms with Gasteiger partial charge in [0.05, 0.1) is 11.0 Å². The van der Waals surface area contributed by atoms with Crippen molar-refractivity contribution < 1.29 is 0 Å². The lowest BCUT2D eigenvalue weighted by Crippen LogP contribution is -2.28. The summed E-state index contributed by atoms with van der Waals surface area (Å²) in [7, 11) is 0. The molecule has 0 saturated heterocycles. The number of hydrogen-bond acceptors (Lipinski definition) is 0. The quantitative estimate of drug-likeness (QED) is 0.114. The first-order valence-electron chi connectivity index (χ1n) is 19.6. The molecule has 0 N–H and O–H groups in total. The Bertz CT molecular complexity index is 3210. The summed E-state index contributed by atoms with van der Waals surface area (Å²) in [5.74, 6) is 0. The molecule has 1 aromatic heterocycles. The highest BCUT2D eigenvalue weighted by Crippen LogP contribution is 2.38. The maximum atomic E-state index is 4.47. The summed E-state index contributed by atoms with van der Waals surface area (Å²) < 4.78 is 2.41. The highest BCUT2D eigenvalue weighted by Gasteiger charge is 2.16. The van der Waals surface area contributed by atoms with Crippen LogP contribution in [0.25, 0.3) is 100 Å². The van der Waals surface area contributed by atoms with Gasteiger partial charge in [-0.2, -0.15) is 0 Å². The first-order valence-corrected chi connectivity index (χ1v) is 19.6. The largest absolute Gasteiger partial charge is 0.309 e. The zero-order chi connectivity index (χ0) is 37.6. The molecule has 266 valence electrons. The van der Waals surface area contributed by atoms with Crippen molar-refractivity contribution in [2.75, 3.05) is 0 Å². The monoisotopic (exact) mass is 715 g/mol. The Labute approximate surface area is 327 Å². The van der Waals surface area contributed by atoms with E-state index in [4.69, 9.17) is 0 Å². The maximum Gasteiger partial charge on any atom is 0.0541 e. The molecule has 9 aromatic rings. The van der Waals surface area contributed by atoms with Crippen LogP contribution in [0.3, 0.4) is 0 Å². The predicted octanol–water partition coefficient (Wildman–Crippen LogP) is 13.6. The van der Waals surface area contributed by atoms with Crippen LogP contribution < -0.4 is 10.4 Å². The summed E-state index contributed by atoms with van der Waals surface area (Å²) >= 11 is 0. The Kier molecular flexibility index (Phi) is 8.42. The molecule has 8 aromatic carbocycles. The van der Waals surface area contributed by atoms with Gasteiger partial charge < -0.3 is 4.57 Å². The van der Waals surface area contributed by atoms with E-state index < -0.39 is 0 Å². The highest BCUT2D eigenvalue weighted by molar-refractivity contribution is 6.11. The van der Waals surface area contributed by atoms with Crippen LogP contribution >= 0.6 is 0 Å². The number of allylic oxidation sites excluding steroid dienone is 5. The highest BCUT2D eigenvalue weighted by atomic mass is 15.0. The summed E-state index contributed by atoms with van der Waals surface area (Å²) in [6.07, 6.45) is 15.3. The Hall–Kier alpha value is -6.96. The van der Waals surface area contributed by atoms with Crippen LogP contribution in [0.1, 0.15) is 25.3 Å². The Morgan fingerprint density at radius 3 is 1.84 bits per heavy atom. The molecule has 0 fully saturated rings. The number of rotatable bonds is 7. The van der Waals surface area contributed by atoms with Crippen LogP contribution in [0, 0.1) is 0 Å². The second kappa shape index (κ2) is 14.0. The van der Waals surface area contributed by atoms with E-state index in [0.29, 0.717) is 0 Å². The smallest absolute Gasteiger partial charge is 0.0541 e. The molecule has 0 spiro atoms. The standard InChI is InChI=1S/C55H41N/c1-3-4-6-16-37(2)43-32-44(38-17-7-5-8-18-38)34-45(33-43)56-54-26-14-13-25-51(54)53-36-42(28-30-55(53)56)40-20-15-19-39(31-40)41-27-29-50-48-23-10-9-21-46(48)47-22-11-12-24-49(47)52(50)35-41/h3-8,11-36H,2,9-10H2,1H3/b4-3-,16-6-. The van der Waals surface area contributed by atoms with Crippen LogP contribution in [0.2, 0.25) is 0 Å². The summed E-state index contributed by atoms with van der Waals surface area (Å²) in [5, 5.41) is 10.6. The van der Waals surface area contributed by atoms with Crippen LogP contribution in [0.5, 0.6) is 0 Å². The Morgan fingerprint density at radius 2 is 1.07 bits per heavy atom. The van der Waals surface area contributed by atoms with E-state index in [0.717, 1.165) is 35.2 Å². The maximum absolute atomic E-state index is 4.47. The molecule has 1 aliphatic carbocycles. The van der Waals surface area contributed by atoms with Gasteiger partial charge in [0, 0.05) is 16.5 Å². The van der Waals surface area contributed by atoms with Gasteiger partial charge in [0.15, 0.2) is 0 Å². The fourth-order valence-corrected chi connectivity index (χ4v) is 8.73. The van der Waals surface area contributed by atoms with Gasteiger partial charge in [-0.1, -0.05) is 152 Å². The Balaban J connectivity index is 1.10. The van der Waals surface area contributed by atoms with Crippen LogP contribution in [0.15, 0.2) is 189 Å². The second-order valence-electron chi connectivity index (χ2n) is 14.8. The van der Waals surface area contributed by atoms with E-state index in [-0.39, 0.29) is 0 Å². The number of aromatic nitrogens is 1. The third kappa shape index (κ3) is 5.81. The SMILES string of the molecule is C=C(/C=C\C=C/C)c1cc(-c2ccccc2)cc(-n2c3ccccc3c3cc(-c4cccc(-c5ccc6c7c(c8ccccc8c6c5)=CCCC=7)c4)ccc32)c1. The average Bonchev–Trinajstić information content (AvgIpc) is 3.60. The molecule has 0 radical (unpaired) electrons. The van der Waals surface area contributed by atoms with Crippen LogP contribution in [0.4, 0.5) is 0 Å². The number of fused-ring (bicyclic) bond motifs is 9. The van der Waals surface area contributed by atoms with Crippen molar-refractivity contribution in [1.82, 2.24) is 4.57 Å². The molecule has 0 bridgehead atoms. The summed E-state index contributed by atoms with van der Waals surface area (Å²) in [4.78, 5) is 0. The zero-order valence-electron chi connectivity index (χ0n) is 31.5. The first kappa shape index (κ1) is 33.6. The van der Waals surface area contributed by atoms with Crippen molar-refractivity contribution in [2.24, 2.45) is 0 Å². The van der Waals surface area contributed by atoms with Gasteiger partial charge in [0.2, 0.25) is 0 Å². The minimum absolute atomic E-state index is 0.973. The van der Waals surface area contributed by atoms with Crippen molar-refractivity contribution in [3.8, 4) is 39.1 Å². The van der Waals surface area contributed by atoms with E-state index in [1.54, 1.807) is 0 Å². The number of nitrogens with zero attached hydrogens (tertiary/aromatic N) is 1. The molecule has 56 heavy (non-hydrogen) atoms. The molecular formula is C55H41N. The second-order valence-corrected chi connectivity index (χ2v) is 14.8. The first-order chi connectivity index (χ1) is 27.6. The molecule has 0 unspecified atom stereocenters. The zero-order valence-corrected chi connectivity index (χ0v) is 31.5. The fourth-order valence-electron chi connectivity index (χ4n) is 8.73. The molecule has 0 amide bonds. The minimum Gasteiger partial charge on any atom is -0.309 e. The van der Waals surface area contributed by atoms with Gasteiger partial charge in [-0.05, 0) is 145 Å². The summed E-state index contributed by atoms with van der Waals surface area (Å²) in [6, 6.07) is 58.2. The lowest BCUT2D eigenvalue weighted by atomic mass is 9.91. The van der Waals surface area contributed by atoms with E-state index in [9.17, 15) is 0 Å². The predicted molar refractivity (Wildman–Crippen MR) is 243 cm³/mol. The normalized spacial score (nSPS) is 12.8. The molecule has 1 aliphatic rings. The molecular weight excluding hydrogens is 675 g/mol. The van der Waals surface area contributed by atoms with Gasteiger partial charge in [0.1, 0.15) is 0 Å². The molecule has 0 saturated carbocycles. The Morgan fingerprint density at radius 1 is 0.464 bits per heavy atom. The number of hydrogen-bond donors (Lipinski definition) is 0. The fraction of sp³-hybridized carbons (Fsp3) is 0.0545. The number of benzene rings is 8. The van der Waals surface area contributed by atoms with E-state index in [1.165, 1.54) is 81.6 Å². The van der Waals surface area contributed by atoms with Crippen molar-refractivity contribution >= 4 is 61.1 Å². The summed E-state index contributed by atoms with van der Waals surface area (Å²) in [6.45, 7) is 6.49. The average molecular weight is 716 g/mol. The molecule has 0 atom stereocenters. The van der Waals surface area contributed by atoms with E-state index in [2.05, 4.69) is 193 Å². The van der Waals surface area contributed by atoms with Crippen molar-refractivity contribution in [3.63, 3.8) is 0 Å². The molecule has 1 nitrogen and oxygen atoms in total. The van der Waals surface area contributed by atoms with Crippen LogP contribution in [-0.2, 0) is 0 Å². The van der Waals surface area contributed by atoms with Gasteiger partial charge in [-0.3, -0.25) is 0 Å². The van der Waals surface area contributed by atoms with Crippen LogP contribution in [-0.4, -0.2) is 4.57 Å². The molecule has 1 heteroatoms. The topological polar surface area (TPSA) is 4.93 Å². The third-order valence-electron chi connectivity index (χ3n) is 11.4. The van der Waals surface area contributed by atoms with Gasteiger partial charge in [-0.15, -0.1) is 0 Å². The van der Waals surface area contributed by atoms with Gasteiger partial charge >= 0.3 is 0 Å². The summed E-state index contributed by atoms with van der Waals surface area (Å²) in [5.41, 5.74) is 12.7. The van der Waals surface area contributed by atoms with E-state index in [1.807, 2.05) is 19.1 Å². The van der Waals surface area contributed by atoms with E-state index >= 15 is 0 Å². The van der Waals surface area contributed by atoms with Crippen molar-refractivity contribution in [1.29, 1.82) is 0 Å². The lowest BCUT2D eigenvalue weighted by molar-refractivity contribution is 1.13. The third-order valence-corrected chi connectivity index (χ3v) is 11.4. The molecule has 1 heterocycles. The van der Waals surface area contributed by atoms with Crippen molar-refractivity contribution in [2.45, 2.75) is 19.8 Å².